The summed E-state index contributed by atoms with van der Waals surface area (Å²) in [6.07, 6.45) is 28.2. The van der Waals surface area contributed by atoms with Crippen molar-refractivity contribution in [3.05, 3.63) is 48.0 Å². The Labute approximate surface area is 333 Å². The normalized spacial score (nSPS) is 26.7. The predicted molar refractivity (Wildman–Crippen MR) is 225 cm³/mol. The molecule has 4 aromatic rings. The molecule has 300 valence electrons. The number of hydrogen-bond donors (Lipinski definition) is 4. The minimum absolute atomic E-state index is 0.306. The van der Waals surface area contributed by atoms with Crippen LogP contribution in [0.15, 0.2) is 45.4 Å². The highest BCUT2D eigenvalue weighted by Crippen LogP contribution is 2.57. The van der Waals surface area contributed by atoms with E-state index in [-0.39, 0.29) is 0 Å². The van der Waals surface area contributed by atoms with Crippen molar-refractivity contribution in [3.63, 3.8) is 0 Å². The molecular weight excluding hydrogens is 697 g/mol. The molecule has 10 nitrogen and oxygen atoms in total. The summed E-state index contributed by atoms with van der Waals surface area (Å²) in [5.41, 5.74) is 7.16. The smallest absolute Gasteiger partial charge is 0.257 e. The second-order valence-corrected chi connectivity index (χ2v) is 18.6. The van der Waals surface area contributed by atoms with Gasteiger partial charge in [0.25, 0.3) is 11.8 Å². The van der Waals surface area contributed by atoms with Gasteiger partial charge in [-0.3, -0.25) is 0 Å². The molecule has 56 heavy (non-hydrogen) atoms. The molecule has 2 heterocycles. The van der Waals surface area contributed by atoms with E-state index in [0.29, 0.717) is 47.1 Å². The Kier molecular flexibility index (Phi) is 11.2. The van der Waals surface area contributed by atoms with Crippen molar-refractivity contribution in [2.45, 2.75) is 172 Å². The Bertz CT molecular complexity index is 1860. The zero-order valence-electron chi connectivity index (χ0n) is 33.9. The second kappa shape index (κ2) is 16.8. The average molecular weight is 761 g/mol. The molecule has 0 spiro atoms. The van der Waals surface area contributed by atoms with Gasteiger partial charge in [-0.05, 0) is 145 Å². The van der Waals surface area contributed by atoms with Crippen LogP contribution in [-0.2, 0) is 0 Å². The van der Waals surface area contributed by atoms with Crippen LogP contribution in [0.2, 0.25) is 0 Å². The summed E-state index contributed by atoms with van der Waals surface area (Å²) in [4.78, 5) is 8.84. The molecule has 7 aliphatic rings. The number of rotatable bonds is 10. The summed E-state index contributed by atoms with van der Waals surface area (Å²) in [5.74, 6) is 5.39. The number of benzene rings is 2. The summed E-state index contributed by atoms with van der Waals surface area (Å²) in [6, 6.07) is 14.8. The quantitative estimate of drug-likeness (QED) is 0.124. The fourth-order valence-corrected chi connectivity index (χ4v) is 11.6. The number of aryl methyl sites for hydroxylation is 2. The maximum absolute atomic E-state index is 5.46. The topological polar surface area (TPSA) is 126 Å². The van der Waals surface area contributed by atoms with Gasteiger partial charge >= 0.3 is 0 Å². The molecule has 0 saturated heterocycles. The Hall–Kier alpha value is -4.08. The van der Waals surface area contributed by atoms with Gasteiger partial charge in [-0.1, -0.05) is 68.1 Å². The number of aromatic nitrogens is 4. The van der Waals surface area contributed by atoms with E-state index in [0.717, 1.165) is 28.9 Å². The molecule has 0 amide bonds. The minimum Gasteiger partial charge on any atom is -0.381 e. The minimum atomic E-state index is 0.306. The molecule has 7 saturated carbocycles. The number of anilines is 4. The molecule has 4 bridgehead atoms. The van der Waals surface area contributed by atoms with Crippen molar-refractivity contribution >= 4 is 22.7 Å². The highest BCUT2D eigenvalue weighted by Gasteiger charge is 2.51. The summed E-state index contributed by atoms with van der Waals surface area (Å²) >= 11 is 0. The Morgan fingerprint density at radius 1 is 0.500 bits per heavy atom. The van der Waals surface area contributed by atoms with E-state index in [4.69, 9.17) is 9.05 Å². The van der Waals surface area contributed by atoms with Gasteiger partial charge in [0.1, 0.15) is 0 Å². The van der Waals surface area contributed by atoms with Gasteiger partial charge in [-0.2, -0.15) is 9.97 Å². The van der Waals surface area contributed by atoms with E-state index in [1.807, 2.05) is 13.8 Å². The Morgan fingerprint density at radius 3 is 1.30 bits per heavy atom. The number of nitrogens with one attached hydrogen (secondary N) is 4. The summed E-state index contributed by atoms with van der Waals surface area (Å²) in [5, 5.41) is 23.5. The molecule has 7 aliphatic carbocycles. The Balaban J connectivity index is 0.000000148. The molecule has 0 radical (unpaired) electrons. The third-order valence-corrected chi connectivity index (χ3v) is 13.9. The SMILES string of the molecule is Cc1noc(-c2ccc(NC34CC5CC(CC(C5)C3)C4)c(NC3CCCCC3)c2)n1.Cc1noc(-c2ccc(NC3CCCCC3)c(NC3CCCCC3)c2)n1. The number of nitrogens with zero attached hydrogens (tertiary/aromatic N) is 4. The number of hydrogen-bond acceptors (Lipinski definition) is 10. The van der Waals surface area contributed by atoms with Gasteiger partial charge in [0, 0.05) is 34.8 Å². The highest BCUT2D eigenvalue weighted by molar-refractivity contribution is 5.77. The summed E-state index contributed by atoms with van der Waals surface area (Å²) in [7, 11) is 0. The zero-order valence-corrected chi connectivity index (χ0v) is 33.9. The van der Waals surface area contributed by atoms with E-state index in [1.54, 1.807) is 0 Å². The summed E-state index contributed by atoms with van der Waals surface area (Å²) < 4.78 is 10.8. The van der Waals surface area contributed by atoms with Crippen molar-refractivity contribution in [2.24, 2.45) is 17.8 Å². The van der Waals surface area contributed by atoms with E-state index < -0.39 is 0 Å². The molecular formula is C46H64N8O2. The maximum Gasteiger partial charge on any atom is 0.257 e. The van der Waals surface area contributed by atoms with Crippen LogP contribution in [0.1, 0.15) is 146 Å². The van der Waals surface area contributed by atoms with Crippen LogP contribution >= 0.6 is 0 Å². The first-order valence-corrected chi connectivity index (χ1v) is 22.4. The lowest BCUT2D eigenvalue weighted by atomic mass is 9.53. The fraction of sp³-hybridized carbons (Fsp3) is 0.652. The third-order valence-electron chi connectivity index (χ3n) is 13.9. The molecule has 10 heteroatoms. The highest BCUT2D eigenvalue weighted by atomic mass is 16.5. The largest absolute Gasteiger partial charge is 0.381 e. The van der Waals surface area contributed by atoms with Gasteiger partial charge in [-0.25, -0.2) is 0 Å². The van der Waals surface area contributed by atoms with Crippen molar-refractivity contribution < 1.29 is 9.05 Å². The van der Waals surface area contributed by atoms with Gasteiger partial charge in [0.15, 0.2) is 11.6 Å². The molecule has 7 fully saturated rings. The van der Waals surface area contributed by atoms with Crippen molar-refractivity contribution in [3.8, 4) is 22.9 Å². The Morgan fingerprint density at radius 2 is 0.893 bits per heavy atom. The molecule has 2 aromatic heterocycles. The van der Waals surface area contributed by atoms with Crippen LogP contribution in [-0.4, -0.2) is 43.9 Å². The first-order chi connectivity index (χ1) is 27.4. The zero-order chi connectivity index (χ0) is 37.9. The standard InChI is InChI=1S/C25H34N4O.C21H30N4O/c1-16-26-24(30-29-16)20-7-8-22(23(12-20)27-21-5-3-2-4-6-21)28-25-13-17-9-18(14-25)11-19(10-17)15-25;1-15-22-21(26-25-15)16-12-13-19(23-17-8-4-2-5-9-17)20(14-16)24-18-10-6-3-7-11-18/h7-8,12,17-19,21,27-28H,2-6,9-11,13-15H2,1H3;12-14,17-18,23-24H,2-11H2,1H3. The third kappa shape index (κ3) is 8.89. The predicted octanol–water partition coefficient (Wildman–Crippen LogP) is 11.7. The first-order valence-electron chi connectivity index (χ1n) is 22.4. The molecule has 0 aliphatic heterocycles. The van der Waals surface area contributed by atoms with Gasteiger partial charge in [0.2, 0.25) is 0 Å². The van der Waals surface area contributed by atoms with Crippen LogP contribution < -0.4 is 21.3 Å². The van der Waals surface area contributed by atoms with Gasteiger partial charge in [-0.15, -0.1) is 0 Å². The molecule has 11 rings (SSSR count). The van der Waals surface area contributed by atoms with Gasteiger partial charge < -0.3 is 30.3 Å². The van der Waals surface area contributed by atoms with Crippen LogP contribution in [0.4, 0.5) is 22.7 Å². The molecule has 4 N–H and O–H groups in total. The van der Waals surface area contributed by atoms with Crippen LogP contribution in [0.3, 0.4) is 0 Å². The van der Waals surface area contributed by atoms with Crippen molar-refractivity contribution in [1.29, 1.82) is 0 Å². The van der Waals surface area contributed by atoms with Crippen molar-refractivity contribution in [1.82, 2.24) is 20.3 Å². The van der Waals surface area contributed by atoms with Crippen LogP contribution in [0.25, 0.3) is 22.9 Å². The van der Waals surface area contributed by atoms with E-state index in [2.05, 4.69) is 77.9 Å². The molecule has 0 unspecified atom stereocenters. The summed E-state index contributed by atoms with van der Waals surface area (Å²) in [6.45, 7) is 3.73. The van der Waals surface area contributed by atoms with E-state index in [9.17, 15) is 0 Å². The van der Waals surface area contributed by atoms with Crippen molar-refractivity contribution in [2.75, 3.05) is 21.3 Å². The monoisotopic (exact) mass is 761 g/mol. The van der Waals surface area contributed by atoms with Crippen LogP contribution in [0, 0.1) is 31.6 Å². The lowest BCUT2D eigenvalue weighted by Gasteiger charge is -2.57. The second-order valence-electron chi connectivity index (χ2n) is 18.6. The molecule has 0 atom stereocenters. The lowest BCUT2D eigenvalue weighted by molar-refractivity contribution is 0.0107. The fourth-order valence-electron chi connectivity index (χ4n) is 11.6. The molecule has 2 aromatic carbocycles. The maximum atomic E-state index is 5.46. The average Bonchev–Trinajstić information content (AvgIpc) is 3.85. The van der Waals surface area contributed by atoms with E-state index >= 15 is 0 Å². The van der Waals surface area contributed by atoms with Gasteiger partial charge in [0.05, 0.1) is 22.7 Å². The van der Waals surface area contributed by atoms with E-state index in [1.165, 1.54) is 158 Å². The lowest BCUT2D eigenvalue weighted by Crippen LogP contribution is -2.54. The first kappa shape index (κ1) is 37.5. The van der Waals surface area contributed by atoms with Crippen LogP contribution in [0.5, 0.6) is 0 Å².